The van der Waals surface area contributed by atoms with Gasteiger partial charge >= 0.3 is 11.9 Å². The number of hydrogen-bond donors (Lipinski definition) is 0. The van der Waals surface area contributed by atoms with E-state index in [2.05, 4.69) is 9.73 Å². The molecule has 1 aromatic rings. The zero-order valence-electron chi connectivity index (χ0n) is 10.6. The highest BCUT2D eigenvalue weighted by molar-refractivity contribution is 6.38. The third kappa shape index (κ3) is 5.41. The van der Waals surface area contributed by atoms with Gasteiger partial charge in [-0.1, -0.05) is 36.5 Å². The highest BCUT2D eigenvalue weighted by Crippen LogP contribution is 2.25. The van der Waals surface area contributed by atoms with Crippen LogP contribution in [0.25, 0.3) is 0 Å². The molecule has 4 nitrogen and oxygen atoms in total. The largest absolute Gasteiger partial charge is 0.389 e. The molecule has 0 unspecified atom stereocenters. The molecule has 0 aliphatic carbocycles. The van der Waals surface area contributed by atoms with E-state index in [0.717, 1.165) is 6.92 Å². The SMILES string of the molecule is CCCC(=Nc1cc(Cl)cc(Cl)c1)C(=O)OC(C)=O. The molecule has 102 valence electrons. The monoisotopic (exact) mass is 301 g/mol. The normalized spacial score (nSPS) is 11.3. The maximum atomic E-state index is 11.7. The smallest absolute Gasteiger partial charge is 0.360 e. The van der Waals surface area contributed by atoms with Crippen LogP contribution in [0.15, 0.2) is 23.2 Å². The second-order valence-electron chi connectivity index (χ2n) is 3.82. The van der Waals surface area contributed by atoms with Crippen molar-refractivity contribution in [1.29, 1.82) is 0 Å². The number of esters is 2. The highest BCUT2D eigenvalue weighted by atomic mass is 35.5. The van der Waals surface area contributed by atoms with Crippen molar-refractivity contribution in [3.63, 3.8) is 0 Å². The Balaban J connectivity index is 3.06. The van der Waals surface area contributed by atoms with Crippen LogP contribution in [0.4, 0.5) is 5.69 Å². The Bertz CT molecular complexity index is 506. The Morgan fingerprint density at radius 2 is 1.79 bits per heavy atom. The Kier molecular flexibility index (Phi) is 5.99. The molecule has 0 N–H and O–H groups in total. The van der Waals surface area contributed by atoms with Gasteiger partial charge < -0.3 is 4.74 Å². The van der Waals surface area contributed by atoms with Gasteiger partial charge in [-0.2, -0.15) is 0 Å². The Hall–Kier alpha value is -1.39. The van der Waals surface area contributed by atoms with Crippen molar-refractivity contribution < 1.29 is 14.3 Å². The second kappa shape index (κ2) is 7.26. The summed E-state index contributed by atoms with van der Waals surface area (Å²) >= 11 is 11.7. The lowest BCUT2D eigenvalue weighted by atomic mass is 10.2. The average molecular weight is 302 g/mol. The lowest BCUT2D eigenvalue weighted by molar-refractivity contribution is -0.153. The standard InChI is InChI=1S/C13H13Cl2NO3/c1-3-4-12(13(18)19-8(2)17)16-11-6-9(14)5-10(15)7-11/h5-7H,3-4H2,1-2H3. The minimum atomic E-state index is -0.745. The lowest BCUT2D eigenvalue weighted by Gasteiger charge is -2.04. The van der Waals surface area contributed by atoms with Crippen molar-refractivity contribution in [2.24, 2.45) is 4.99 Å². The number of nitrogens with zero attached hydrogens (tertiary/aromatic N) is 1. The van der Waals surface area contributed by atoms with E-state index in [0.29, 0.717) is 28.6 Å². The molecule has 0 aromatic heterocycles. The minimum Gasteiger partial charge on any atom is -0.389 e. The zero-order valence-corrected chi connectivity index (χ0v) is 12.1. The molecule has 0 spiro atoms. The summed E-state index contributed by atoms with van der Waals surface area (Å²) in [5, 5.41) is 0.837. The third-order valence-corrected chi connectivity index (χ3v) is 2.51. The summed E-state index contributed by atoms with van der Waals surface area (Å²) in [7, 11) is 0. The summed E-state index contributed by atoms with van der Waals surface area (Å²) in [6, 6.07) is 4.71. The quantitative estimate of drug-likeness (QED) is 0.480. The molecule has 0 bridgehead atoms. The van der Waals surface area contributed by atoms with Crippen LogP contribution in [0.1, 0.15) is 26.7 Å². The molecule has 0 atom stereocenters. The van der Waals surface area contributed by atoms with E-state index in [1.807, 2.05) is 6.92 Å². The molecular weight excluding hydrogens is 289 g/mol. The Labute approximate surface area is 121 Å². The van der Waals surface area contributed by atoms with E-state index in [1.54, 1.807) is 18.2 Å². The van der Waals surface area contributed by atoms with Crippen molar-refractivity contribution >= 4 is 46.5 Å². The van der Waals surface area contributed by atoms with Gasteiger partial charge in [-0.05, 0) is 24.6 Å². The molecule has 0 radical (unpaired) electrons. The van der Waals surface area contributed by atoms with Crippen LogP contribution in [0.2, 0.25) is 10.0 Å². The summed E-state index contributed by atoms with van der Waals surface area (Å²) in [6.07, 6.45) is 1.09. The van der Waals surface area contributed by atoms with E-state index in [4.69, 9.17) is 23.2 Å². The highest BCUT2D eigenvalue weighted by Gasteiger charge is 2.14. The van der Waals surface area contributed by atoms with Crippen molar-refractivity contribution in [2.75, 3.05) is 0 Å². The summed E-state index contributed by atoms with van der Waals surface area (Å²) in [5.74, 6) is -1.41. The van der Waals surface area contributed by atoms with Crippen molar-refractivity contribution in [1.82, 2.24) is 0 Å². The number of benzene rings is 1. The van der Waals surface area contributed by atoms with Crippen LogP contribution in [-0.4, -0.2) is 17.7 Å². The van der Waals surface area contributed by atoms with Gasteiger partial charge in [0.05, 0.1) is 5.69 Å². The molecule has 0 saturated heterocycles. The van der Waals surface area contributed by atoms with Gasteiger partial charge in [0.2, 0.25) is 0 Å². The number of ether oxygens (including phenoxy) is 1. The van der Waals surface area contributed by atoms with Gasteiger partial charge in [-0.15, -0.1) is 0 Å². The average Bonchev–Trinajstić information content (AvgIpc) is 2.26. The first-order chi connectivity index (χ1) is 8.92. The maximum Gasteiger partial charge on any atom is 0.360 e. The van der Waals surface area contributed by atoms with E-state index >= 15 is 0 Å². The Morgan fingerprint density at radius 1 is 1.21 bits per heavy atom. The summed E-state index contributed by atoms with van der Waals surface area (Å²) < 4.78 is 4.52. The van der Waals surface area contributed by atoms with E-state index in [-0.39, 0.29) is 5.71 Å². The topological polar surface area (TPSA) is 55.7 Å². The first-order valence-electron chi connectivity index (χ1n) is 5.68. The van der Waals surface area contributed by atoms with Crippen LogP contribution >= 0.6 is 23.2 Å². The van der Waals surface area contributed by atoms with Gasteiger partial charge in [0, 0.05) is 17.0 Å². The van der Waals surface area contributed by atoms with Gasteiger partial charge in [0.15, 0.2) is 0 Å². The third-order valence-electron chi connectivity index (χ3n) is 2.07. The van der Waals surface area contributed by atoms with Gasteiger partial charge in [-0.25, -0.2) is 9.79 Å². The second-order valence-corrected chi connectivity index (χ2v) is 4.69. The molecule has 0 fully saturated rings. The molecule has 19 heavy (non-hydrogen) atoms. The lowest BCUT2D eigenvalue weighted by Crippen LogP contribution is -2.19. The van der Waals surface area contributed by atoms with Gasteiger partial charge in [-0.3, -0.25) is 4.79 Å². The van der Waals surface area contributed by atoms with Crippen molar-refractivity contribution in [3.8, 4) is 0 Å². The van der Waals surface area contributed by atoms with E-state index in [1.165, 1.54) is 0 Å². The molecule has 0 aliphatic rings. The molecular formula is C13H13Cl2NO3. The molecule has 0 aliphatic heterocycles. The zero-order chi connectivity index (χ0) is 14.4. The van der Waals surface area contributed by atoms with Crippen molar-refractivity contribution in [3.05, 3.63) is 28.2 Å². The number of aliphatic imine (C=N–C) groups is 1. The number of hydrogen-bond acceptors (Lipinski definition) is 4. The van der Waals surface area contributed by atoms with E-state index < -0.39 is 11.9 Å². The van der Waals surface area contributed by atoms with Crippen LogP contribution in [0, 0.1) is 0 Å². The van der Waals surface area contributed by atoms with Crippen LogP contribution in [-0.2, 0) is 14.3 Å². The molecule has 6 heteroatoms. The number of halogens is 2. The van der Waals surface area contributed by atoms with Crippen molar-refractivity contribution in [2.45, 2.75) is 26.7 Å². The fourth-order valence-electron chi connectivity index (χ4n) is 1.39. The number of carbonyl (C=O) groups is 2. The molecule has 1 rings (SSSR count). The summed E-state index contributed by atoms with van der Waals surface area (Å²) in [5.41, 5.74) is 0.609. The molecule has 0 saturated carbocycles. The minimum absolute atomic E-state index is 0.163. The maximum absolute atomic E-state index is 11.7. The predicted octanol–water partition coefficient (Wildman–Crippen LogP) is 3.96. The first-order valence-corrected chi connectivity index (χ1v) is 6.44. The van der Waals surface area contributed by atoms with Gasteiger partial charge in [0.1, 0.15) is 5.71 Å². The fraction of sp³-hybridized carbons (Fsp3) is 0.308. The van der Waals surface area contributed by atoms with Crippen LogP contribution in [0.5, 0.6) is 0 Å². The summed E-state index contributed by atoms with van der Waals surface area (Å²) in [6.45, 7) is 3.05. The number of carbonyl (C=O) groups excluding carboxylic acids is 2. The van der Waals surface area contributed by atoms with E-state index in [9.17, 15) is 9.59 Å². The summed E-state index contributed by atoms with van der Waals surface area (Å²) in [4.78, 5) is 26.6. The fourth-order valence-corrected chi connectivity index (χ4v) is 1.90. The predicted molar refractivity (Wildman–Crippen MR) is 75.2 cm³/mol. The Morgan fingerprint density at radius 3 is 2.26 bits per heavy atom. The number of rotatable bonds is 4. The van der Waals surface area contributed by atoms with Gasteiger partial charge in [0.25, 0.3) is 0 Å². The van der Waals surface area contributed by atoms with Crippen LogP contribution in [0.3, 0.4) is 0 Å². The molecule has 0 amide bonds. The molecule has 1 aromatic carbocycles. The van der Waals surface area contributed by atoms with Crippen LogP contribution < -0.4 is 0 Å². The molecule has 0 heterocycles. The first kappa shape index (κ1) is 15.7.